The van der Waals surface area contributed by atoms with Crippen LogP contribution >= 0.6 is 11.6 Å². The molecule has 0 aliphatic carbocycles. The van der Waals surface area contributed by atoms with Crippen LogP contribution in [0.5, 0.6) is 0 Å². The average molecular weight is 628 g/mol. The Morgan fingerprint density at radius 3 is 2.64 bits per heavy atom. The first-order chi connectivity index (χ1) is 21.9. The van der Waals surface area contributed by atoms with Crippen molar-refractivity contribution in [3.63, 3.8) is 0 Å². The number of piperidine rings is 2. The van der Waals surface area contributed by atoms with E-state index in [1.54, 1.807) is 6.20 Å². The van der Waals surface area contributed by atoms with E-state index in [1.165, 1.54) is 5.56 Å². The van der Waals surface area contributed by atoms with Crippen LogP contribution in [0.1, 0.15) is 55.6 Å². The van der Waals surface area contributed by atoms with E-state index in [9.17, 15) is 14.9 Å². The van der Waals surface area contributed by atoms with Crippen molar-refractivity contribution in [2.24, 2.45) is 5.41 Å². The number of rotatable bonds is 9. The highest BCUT2D eigenvalue weighted by molar-refractivity contribution is 6.33. The third kappa shape index (κ3) is 7.61. The molecule has 45 heavy (non-hydrogen) atoms. The van der Waals surface area contributed by atoms with E-state index in [2.05, 4.69) is 44.0 Å². The highest BCUT2D eigenvalue weighted by Crippen LogP contribution is 2.32. The normalized spacial score (nSPS) is 20.7. The topological polar surface area (TPSA) is 132 Å². The van der Waals surface area contributed by atoms with Gasteiger partial charge in [0, 0.05) is 63.6 Å². The van der Waals surface area contributed by atoms with Crippen molar-refractivity contribution in [1.29, 1.82) is 5.26 Å². The second kappa shape index (κ2) is 13.9. The molecule has 1 aromatic carbocycles. The summed E-state index contributed by atoms with van der Waals surface area (Å²) in [6, 6.07) is 18.7. The maximum absolute atomic E-state index is 12.3. The minimum Gasteiger partial charge on any atom is -0.381 e. The first-order valence-electron chi connectivity index (χ1n) is 15.7. The molecule has 3 saturated heterocycles. The van der Waals surface area contributed by atoms with Crippen LogP contribution < -0.4 is 16.0 Å². The molecule has 0 radical (unpaired) electrons. The van der Waals surface area contributed by atoms with Crippen LogP contribution in [-0.2, 0) is 20.9 Å². The lowest BCUT2D eigenvalue weighted by Crippen LogP contribution is -2.39. The smallest absolute Gasteiger partial charge is 0.234 e. The second-order valence-electron chi connectivity index (χ2n) is 12.3. The van der Waals surface area contributed by atoms with Crippen molar-refractivity contribution in [1.82, 2.24) is 20.2 Å². The zero-order chi connectivity index (χ0) is 31.2. The van der Waals surface area contributed by atoms with E-state index in [0.717, 1.165) is 55.1 Å². The molecule has 0 spiro atoms. The summed E-state index contributed by atoms with van der Waals surface area (Å²) in [6.07, 6.45) is 5.95. The Balaban J connectivity index is 1.04. The molecule has 11 heteroatoms. The van der Waals surface area contributed by atoms with Gasteiger partial charge in [0.25, 0.3) is 0 Å². The SMILES string of the molecule is N#CC1(CNc2cccc(-c3cc(NC4CCN(Cc5cccc(C6CCC(=O)NC6=O)c5)CC4)ncc3Cl)n2)CCOCC1. The van der Waals surface area contributed by atoms with E-state index in [1.807, 2.05) is 36.4 Å². The van der Waals surface area contributed by atoms with E-state index >= 15 is 0 Å². The van der Waals surface area contributed by atoms with Crippen molar-refractivity contribution in [2.75, 3.05) is 43.5 Å². The van der Waals surface area contributed by atoms with Crippen molar-refractivity contribution >= 4 is 35.1 Å². The minimum atomic E-state index is -0.448. The summed E-state index contributed by atoms with van der Waals surface area (Å²) in [4.78, 5) is 35.7. The minimum absolute atomic E-state index is 0.191. The number of benzene rings is 1. The Hall–Kier alpha value is -4.04. The summed E-state index contributed by atoms with van der Waals surface area (Å²) in [7, 11) is 0. The number of nitriles is 1. The van der Waals surface area contributed by atoms with Crippen molar-refractivity contribution in [2.45, 2.75) is 57.0 Å². The Labute approximate surface area is 268 Å². The average Bonchev–Trinajstić information content (AvgIpc) is 3.06. The van der Waals surface area contributed by atoms with Gasteiger partial charge in [-0.25, -0.2) is 9.97 Å². The molecule has 10 nitrogen and oxygen atoms in total. The summed E-state index contributed by atoms with van der Waals surface area (Å²) < 4.78 is 5.45. The third-order valence-electron chi connectivity index (χ3n) is 9.11. The number of ether oxygens (including phenoxy) is 1. The van der Waals surface area contributed by atoms with E-state index in [0.29, 0.717) is 56.3 Å². The van der Waals surface area contributed by atoms with Crippen LogP contribution in [0.15, 0.2) is 54.7 Å². The lowest BCUT2D eigenvalue weighted by molar-refractivity contribution is -0.134. The van der Waals surface area contributed by atoms with Crippen LogP contribution in [0.25, 0.3) is 11.3 Å². The molecule has 2 aromatic heterocycles. The molecule has 0 saturated carbocycles. The number of hydrogen-bond donors (Lipinski definition) is 3. The molecule has 0 bridgehead atoms. The Morgan fingerprint density at radius 1 is 1.07 bits per heavy atom. The molecule has 3 N–H and O–H groups in total. The number of carbonyl (C=O) groups is 2. The number of amides is 2. The van der Waals surface area contributed by atoms with Crippen molar-refractivity contribution < 1.29 is 14.3 Å². The summed E-state index contributed by atoms with van der Waals surface area (Å²) in [6.45, 7) is 4.41. The number of imide groups is 1. The number of likely N-dealkylation sites (tertiary alicyclic amines) is 1. The predicted octanol–water partition coefficient (Wildman–Crippen LogP) is 5.13. The Morgan fingerprint density at radius 2 is 1.87 bits per heavy atom. The predicted molar refractivity (Wildman–Crippen MR) is 173 cm³/mol. The molecular weight excluding hydrogens is 590 g/mol. The van der Waals surface area contributed by atoms with Gasteiger partial charge in [-0.15, -0.1) is 0 Å². The molecule has 2 amide bonds. The van der Waals surface area contributed by atoms with Gasteiger partial charge < -0.3 is 15.4 Å². The van der Waals surface area contributed by atoms with Gasteiger partial charge in [-0.3, -0.25) is 19.8 Å². The molecule has 3 aromatic rings. The van der Waals surface area contributed by atoms with Crippen molar-refractivity contribution in [3.8, 4) is 17.3 Å². The number of nitrogens with one attached hydrogen (secondary N) is 3. The molecule has 234 valence electrons. The van der Waals surface area contributed by atoms with Gasteiger partial charge in [0.1, 0.15) is 11.6 Å². The van der Waals surface area contributed by atoms with Gasteiger partial charge in [-0.05, 0) is 61.4 Å². The van der Waals surface area contributed by atoms with Crippen LogP contribution in [0.4, 0.5) is 11.6 Å². The quantitative estimate of drug-likeness (QED) is 0.276. The maximum atomic E-state index is 12.3. The monoisotopic (exact) mass is 627 g/mol. The number of nitrogens with zero attached hydrogens (tertiary/aromatic N) is 4. The van der Waals surface area contributed by atoms with E-state index < -0.39 is 5.41 Å². The molecule has 1 unspecified atom stereocenters. The number of anilines is 2. The highest BCUT2D eigenvalue weighted by atomic mass is 35.5. The molecule has 3 aliphatic rings. The maximum Gasteiger partial charge on any atom is 0.234 e. The fourth-order valence-corrected chi connectivity index (χ4v) is 6.57. The lowest BCUT2D eigenvalue weighted by atomic mass is 9.82. The lowest BCUT2D eigenvalue weighted by Gasteiger charge is -2.33. The summed E-state index contributed by atoms with van der Waals surface area (Å²) >= 11 is 6.59. The van der Waals surface area contributed by atoms with E-state index in [-0.39, 0.29) is 23.8 Å². The molecule has 6 rings (SSSR count). The first-order valence-corrected chi connectivity index (χ1v) is 16.0. The number of carbonyl (C=O) groups excluding carboxylic acids is 2. The first kappa shape index (κ1) is 31.0. The van der Waals surface area contributed by atoms with Gasteiger partial charge in [-0.1, -0.05) is 41.9 Å². The second-order valence-corrected chi connectivity index (χ2v) is 12.7. The zero-order valence-electron chi connectivity index (χ0n) is 25.2. The van der Waals surface area contributed by atoms with Gasteiger partial charge in [0.2, 0.25) is 11.8 Å². The molecule has 1 atom stereocenters. The zero-order valence-corrected chi connectivity index (χ0v) is 26.0. The number of aromatic nitrogens is 2. The van der Waals surface area contributed by atoms with Gasteiger partial charge in [0.05, 0.1) is 28.1 Å². The van der Waals surface area contributed by atoms with E-state index in [4.69, 9.17) is 21.3 Å². The number of pyridine rings is 2. The standard InChI is InChI=1S/C34H38ClN7O3/c35-28-19-37-31(18-27(28)29-5-2-6-30(40-29)38-22-34(21-36)11-15-45-16-12-34)39-25-9-13-42(14-10-25)20-23-3-1-4-24(17-23)26-7-8-32(43)41-33(26)44/h1-6,17-19,25-26H,7-16,20,22H2,(H,37,39)(H,38,40)(H,41,43,44). The van der Waals surface area contributed by atoms with Crippen LogP contribution in [-0.4, -0.2) is 65.6 Å². The largest absolute Gasteiger partial charge is 0.381 e. The summed E-state index contributed by atoms with van der Waals surface area (Å²) in [5, 5.41) is 19.7. The summed E-state index contributed by atoms with van der Waals surface area (Å²) in [5.74, 6) is 0.801. The van der Waals surface area contributed by atoms with Crippen molar-refractivity contribution in [3.05, 3.63) is 70.9 Å². The fourth-order valence-electron chi connectivity index (χ4n) is 6.37. The Kier molecular flexibility index (Phi) is 9.59. The summed E-state index contributed by atoms with van der Waals surface area (Å²) in [5.41, 5.74) is 3.23. The molecule has 5 heterocycles. The van der Waals surface area contributed by atoms with Crippen LogP contribution in [0.3, 0.4) is 0 Å². The van der Waals surface area contributed by atoms with Gasteiger partial charge in [-0.2, -0.15) is 5.26 Å². The van der Waals surface area contributed by atoms with Gasteiger partial charge >= 0.3 is 0 Å². The van der Waals surface area contributed by atoms with Gasteiger partial charge in [0.15, 0.2) is 0 Å². The van der Waals surface area contributed by atoms with Crippen LogP contribution in [0, 0.1) is 16.7 Å². The number of hydrogen-bond acceptors (Lipinski definition) is 9. The molecule has 3 fully saturated rings. The fraction of sp³-hybridized carbons (Fsp3) is 0.441. The molecular formula is C34H38ClN7O3. The number of halogens is 1. The third-order valence-corrected chi connectivity index (χ3v) is 9.41. The molecule has 3 aliphatic heterocycles. The highest BCUT2D eigenvalue weighted by Gasteiger charge is 2.33. The Bertz CT molecular complexity index is 1580. The van der Waals surface area contributed by atoms with Crippen LogP contribution in [0.2, 0.25) is 5.02 Å².